The van der Waals surface area contributed by atoms with Crippen molar-refractivity contribution in [1.29, 1.82) is 0 Å². The highest BCUT2D eigenvalue weighted by molar-refractivity contribution is 6.53. The maximum atomic E-state index is 12.5. The predicted octanol–water partition coefficient (Wildman–Crippen LogP) is -0.144. The van der Waals surface area contributed by atoms with Crippen LogP contribution in [0, 0.1) is 0 Å². The number of benzene rings is 1. The summed E-state index contributed by atoms with van der Waals surface area (Å²) in [6, 6.07) is 4.15. The number of nitrogens with zero attached hydrogens (tertiary/aromatic N) is 1. The number of carbonyl (C=O) groups is 4. The van der Waals surface area contributed by atoms with Crippen molar-refractivity contribution in [2.75, 3.05) is 0 Å². The second kappa shape index (κ2) is 5.40. The molecule has 1 saturated heterocycles. The van der Waals surface area contributed by atoms with Crippen molar-refractivity contribution >= 4 is 36.4 Å². The van der Waals surface area contributed by atoms with Gasteiger partial charge in [-0.3, -0.25) is 29.4 Å². The minimum absolute atomic E-state index is 0.124. The highest BCUT2D eigenvalue weighted by Gasteiger charge is 2.44. The van der Waals surface area contributed by atoms with Gasteiger partial charge in [-0.2, -0.15) is 0 Å². The first kappa shape index (κ1) is 14.5. The molecule has 22 heavy (non-hydrogen) atoms. The average Bonchev–Trinajstić information content (AvgIpc) is 2.72. The molecule has 7 heteroatoms. The van der Waals surface area contributed by atoms with Crippen LogP contribution in [0.4, 0.5) is 0 Å². The lowest BCUT2D eigenvalue weighted by molar-refractivity contribution is -0.136. The van der Waals surface area contributed by atoms with E-state index in [1.807, 2.05) is 14.2 Å². The van der Waals surface area contributed by atoms with E-state index in [1.165, 1.54) is 0 Å². The summed E-state index contributed by atoms with van der Waals surface area (Å²) in [7, 11) is 1.95. The van der Waals surface area contributed by atoms with E-state index in [2.05, 4.69) is 5.32 Å². The maximum Gasteiger partial charge on any atom is 0.262 e. The molecule has 0 aromatic heterocycles. The van der Waals surface area contributed by atoms with Crippen LogP contribution in [0.15, 0.2) is 18.2 Å². The zero-order valence-corrected chi connectivity index (χ0v) is 12.1. The fourth-order valence-corrected chi connectivity index (χ4v) is 2.85. The van der Waals surface area contributed by atoms with Gasteiger partial charge in [0.05, 0.1) is 11.1 Å². The Labute approximate surface area is 128 Å². The molecule has 0 bridgehead atoms. The van der Waals surface area contributed by atoms with Crippen molar-refractivity contribution in [3.05, 3.63) is 29.3 Å². The molecule has 6 nitrogen and oxygen atoms in total. The molecule has 2 heterocycles. The van der Waals surface area contributed by atoms with E-state index >= 15 is 0 Å². The van der Waals surface area contributed by atoms with Crippen LogP contribution in [-0.2, 0) is 9.59 Å². The average molecular weight is 297 g/mol. The Morgan fingerprint density at radius 1 is 1.18 bits per heavy atom. The van der Waals surface area contributed by atoms with Crippen molar-refractivity contribution in [2.45, 2.75) is 32.1 Å². The first-order valence-corrected chi connectivity index (χ1v) is 7.21. The summed E-state index contributed by atoms with van der Waals surface area (Å²) in [5, 5.41) is 2.18. The number of hydrogen-bond donors (Lipinski definition) is 1. The molecule has 3 rings (SSSR count). The standard InChI is InChI=1S/C15H14BN2O4/c1-2-16-8-3-4-9-10(7-8)15(22)18(14(9)21)11-5-6-12(19)17-13(11)20/h3-4,7,11H,2,5-6H2,1H3,(H,17,19,20). The number of imide groups is 2. The van der Waals surface area contributed by atoms with Crippen LogP contribution in [0.3, 0.4) is 0 Å². The van der Waals surface area contributed by atoms with Crippen molar-refractivity contribution < 1.29 is 19.2 Å². The number of carbonyl (C=O) groups excluding carboxylic acids is 4. The predicted molar refractivity (Wildman–Crippen MR) is 79.0 cm³/mol. The molecule has 1 unspecified atom stereocenters. The third-order valence-electron chi connectivity index (χ3n) is 3.90. The lowest BCUT2D eigenvalue weighted by Gasteiger charge is -2.27. The van der Waals surface area contributed by atoms with E-state index in [0.717, 1.165) is 16.7 Å². The smallest absolute Gasteiger partial charge is 0.262 e. The van der Waals surface area contributed by atoms with Crippen molar-refractivity contribution in [1.82, 2.24) is 10.2 Å². The monoisotopic (exact) mass is 297 g/mol. The highest BCUT2D eigenvalue weighted by atomic mass is 16.2. The number of piperidine rings is 1. The van der Waals surface area contributed by atoms with Gasteiger partial charge in [-0.05, 0) is 12.5 Å². The SMILES string of the molecule is CC[B]c1ccc2c(c1)C(=O)N(C1CCC(=O)NC1=O)C2=O. The quantitative estimate of drug-likeness (QED) is 0.621. The summed E-state index contributed by atoms with van der Waals surface area (Å²) < 4.78 is 0. The molecule has 2 aliphatic heterocycles. The molecule has 0 spiro atoms. The van der Waals surface area contributed by atoms with Crippen LogP contribution in [0.1, 0.15) is 40.5 Å². The Kier molecular flexibility index (Phi) is 3.56. The Morgan fingerprint density at radius 2 is 1.91 bits per heavy atom. The molecule has 4 amide bonds. The highest BCUT2D eigenvalue weighted by Crippen LogP contribution is 2.26. The number of amides is 4. The lowest BCUT2D eigenvalue weighted by atomic mass is 9.67. The van der Waals surface area contributed by atoms with E-state index in [0.29, 0.717) is 11.1 Å². The second-order valence-corrected chi connectivity index (χ2v) is 5.36. The summed E-state index contributed by atoms with van der Waals surface area (Å²) in [5.41, 5.74) is 1.49. The van der Waals surface area contributed by atoms with E-state index in [4.69, 9.17) is 0 Å². The molecule has 1 radical (unpaired) electrons. The number of rotatable bonds is 3. The Bertz CT molecular complexity index is 701. The van der Waals surface area contributed by atoms with Crippen LogP contribution in [0.25, 0.3) is 0 Å². The Hall–Kier alpha value is -2.44. The summed E-state index contributed by atoms with van der Waals surface area (Å²) >= 11 is 0. The summed E-state index contributed by atoms with van der Waals surface area (Å²) in [4.78, 5) is 49.0. The van der Waals surface area contributed by atoms with E-state index in [1.54, 1.807) is 18.2 Å². The van der Waals surface area contributed by atoms with Gasteiger partial charge in [-0.25, -0.2) is 0 Å². The number of hydrogen-bond acceptors (Lipinski definition) is 4. The summed E-state index contributed by atoms with van der Waals surface area (Å²) in [5.74, 6) is -1.91. The van der Waals surface area contributed by atoms with E-state index < -0.39 is 23.8 Å². The molecule has 2 aliphatic rings. The van der Waals surface area contributed by atoms with Gasteiger partial charge in [-0.1, -0.05) is 30.8 Å². The van der Waals surface area contributed by atoms with Crippen LogP contribution in [0.2, 0.25) is 6.32 Å². The first-order chi connectivity index (χ1) is 10.5. The third-order valence-corrected chi connectivity index (χ3v) is 3.90. The second-order valence-electron chi connectivity index (χ2n) is 5.36. The minimum atomic E-state index is -0.913. The zero-order chi connectivity index (χ0) is 15.9. The van der Waals surface area contributed by atoms with Crippen LogP contribution in [-0.4, -0.2) is 41.8 Å². The van der Waals surface area contributed by atoms with Crippen LogP contribution >= 0.6 is 0 Å². The summed E-state index contributed by atoms with van der Waals surface area (Å²) in [6.07, 6.45) is 1.11. The Morgan fingerprint density at radius 3 is 2.59 bits per heavy atom. The lowest BCUT2D eigenvalue weighted by Crippen LogP contribution is -2.54. The largest absolute Gasteiger partial charge is 0.295 e. The summed E-state index contributed by atoms with van der Waals surface area (Å²) in [6.45, 7) is 1.98. The maximum absolute atomic E-state index is 12.5. The van der Waals surface area contributed by atoms with Crippen LogP contribution < -0.4 is 10.8 Å². The van der Waals surface area contributed by atoms with E-state index in [-0.39, 0.29) is 18.7 Å². The first-order valence-electron chi connectivity index (χ1n) is 7.21. The van der Waals surface area contributed by atoms with Crippen molar-refractivity contribution in [3.63, 3.8) is 0 Å². The van der Waals surface area contributed by atoms with Gasteiger partial charge < -0.3 is 0 Å². The van der Waals surface area contributed by atoms with Crippen LogP contribution in [0.5, 0.6) is 0 Å². The molecular weight excluding hydrogens is 283 g/mol. The van der Waals surface area contributed by atoms with Gasteiger partial charge >= 0.3 is 0 Å². The normalized spacial score (nSPS) is 21.0. The molecule has 111 valence electrons. The molecule has 0 aliphatic carbocycles. The molecule has 1 fully saturated rings. The fourth-order valence-electron chi connectivity index (χ4n) is 2.85. The van der Waals surface area contributed by atoms with Gasteiger partial charge in [0, 0.05) is 6.42 Å². The third kappa shape index (κ3) is 2.22. The van der Waals surface area contributed by atoms with E-state index in [9.17, 15) is 19.2 Å². The van der Waals surface area contributed by atoms with Gasteiger partial charge in [0.15, 0.2) is 7.28 Å². The zero-order valence-electron chi connectivity index (χ0n) is 12.1. The topological polar surface area (TPSA) is 83.6 Å². The van der Waals surface area contributed by atoms with Gasteiger partial charge in [0.1, 0.15) is 6.04 Å². The molecule has 1 aromatic carbocycles. The fraction of sp³-hybridized carbons (Fsp3) is 0.333. The number of fused-ring (bicyclic) bond motifs is 1. The molecule has 0 saturated carbocycles. The minimum Gasteiger partial charge on any atom is -0.295 e. The van der Waals surface area contributed by atoms with Gasteiger partial charge in [0.2, 0.25) is 11.8 Å². The van der Waals surface area contributed by atoms with Crippen molar-refractivity contribution in [2.24, 2.45) is 0 Å². The molecule has 1 N–H and O–H groups in total. The van der Waals surface area contributed by atoms with Gasteiger partial charge in [-0.15, -0.1) is 0 Å². The van der Waals surface area contributed by atoms with Crippen molar-refractivity contribution in [3.8, 4) is 0 Å². The molecule has 1 atom stereocenters. The Balaban J connectivity index is 1.93. The number of nitrogens with one attached hydrogen (secondary N) is 1. The molecular formula is C15H14BN2O4. The van der Waals surface area contributed by atoms with Gasteiger partial charge in [0.25, 0.3) is 11.8 Å². The molecule has 1 aromatic rings.